The molecule has 0 radical (unpaired) electrons. The average molecular weight is 373 g/mol. The molecule has 4 rings (SSSR count). The van der Waals surface area contributed by atoms with Crippen LogP contribution in [-0.2, 0) is 13.1 Å². The minimum Gasteiger partial charge on any atom is -0.368 e. The van der Waals surface area contributed by atoms with Crippen LogP contribution in [0.3, 0.4) is 0 Å². The van der Waals surface area contributed by atoms with Gasteiger partial charge >= 0.3 is 0 Å². The summed E-state index contributed by atoms with van der Waals surface area (Å²) in [7, 11) is 0. The van der Waals surface area contributed by atoms with Crippen molar-refractivity contribution in [2.75, 3.05) is 49.9 Å². The van der Waals surface area contributed by atoms with E-state index in [1.165, 1.54) is 36.4 Å². The van der Waals surface area contributed by atoms with Gasteiger partial charge in [0.1, 0.15) is 5.82 Å². The minimum absolute atomic E-state index is 0.367. The monoisotopic (exact) mass is 372 g/mol. The molecule has 6 nitrogen and oxygen atoms in total. The zero-order valence-electron chi connectivity index (χ0n) is 15.5. The molecule has 0 saturated carbocycles. The summed E-state index contributed by atoms with van der Waals surface area (Å²) < 4.78 is 0. The molecule has 140 valence electrons. The van der Waals surface area contributed by atoms with E-state index in [1.807, 2.05) is 24.3 Å². The van der Waals surface area contributed by atoms with Gasteiger partial charge in [0.05, 0.1) is 0 Å². The molecular formula is C19H28N6S. The van der Waals surface area contributed by atoms with Crippen molar-refractivity contribution in [1.29, 1.82) is 0 Å². The van der Waals surface area contributed by atoms with Crippen LogP contribution in [0, 0.1) is 6.92 Å². The number of aromatic nitrogens is 2. The van der Waals surface area contributed by atoms with Crippen LogP contribution in [-0.4, -0.2) is 59.0 Å². The Balaban J connectivity index is 1.29. The second-order valence-electron chi connectivity index (χ2n) is 7.39. The number of thiophene rings is 1. The highest BCUT2D eigenvalue weighted by atomic mass is 32.1. The van der Waals surface area contributed by atoms with E-state index in [0.29, 0.717) is 5.95 Å². The Kier molecular flexibility index (Phi) is 5.38. The molecule has 0 spiro atoms. The van der Waals surface area contributed by atoms with Gasteiger partial charge in [-0.3, -0.25) is 9.80 Å². The van der Waals surface area contributed by atoms with Crippen LogP contribution < -0.4 is 10.6 Å². The zero-order valence-corrected chi connectivity index (χ0v) is 16.3. The lowest BCUT2D eigenvalue weighted by Gasteiger charge is -2.35. The number of hydrogen-bond acceptors (Lipinski definition) is 7. The molecule has 2 fully saturated rings. The van der Waals surface area contributed by atoms with Gasteiger partial charge in [-0.1, -0.05) is 0 Å². The lowest BCUT2D eigenvalue weighted by Crippen LogP contribution is -2.46. The van der Waals surface area contributed by atoms with Gasteiger partial charge in [-0.15, -0.1) is 11.3 Å². The molecule has 0 unspecified atom stereocenters. The van der Waals surface area contributed by atoms with Gasteiger partial charge in [-0.05, 0) is 49.9 Å². The van der Waals surface area contributed by atoms with Gasteiger partial charge in [-0.25, -0.2) is 4.98 Å². The van der Waals surface area contributed by atoms with Crippen LogP contribution in [0.5, 0.6) is 0 Å². The van der Waals surface area contributed by atoms with Gasteiger partial charge in [0.25, 0.3) is 0 Å². The number of nitrogens with zero attached hydrogens (tertiary/aromatic N) is 5. The first-order valence-corrected chi connectivity index (χ1v) is 10.4. The Morgan fingerprint density at radius 2 is 1.69 bits per heavy atom. The molecule has 2 aromatic rings. The van der Waals surface area contributed by atoms with Crippen LogP contribution in [0.4, 0.5) is 11.8 Å². The molecule has 26 heavy (non-hydrogen) atoms. The van der Waals surface area contributed by atoms with Crippen molar-refractivity contribution >= 4 is 23.1 Å². The summed E-state index contributed by atoms with van der Waals surface area (Å²) in [6.07, 6.45) is 2.72. The van der Waals surface area contributed by atoms with Crippen LogP contribution in [0.15, 0.2) is 17.5 Å². The number of aryl methyl sites for hydroxylation is 1. The smallest absolute Gasteiger partial charge is 0.222 e. The van der Waals surface area contributed by atoms with Crippen molar-refractivity contribution in [2.24, 2.45) is 0 Å². The number of likely N-dealkylation sites (tertiary alicyclic amines) is 1. The molecule has 2 aliphatic heterocycles. The Labute approximate surface area is 159 Å². The fourth-order valence-electron chi connectivity index (χ4n) is 3.88. The Morgan fingerprint density at radius 3 is 2.42 bits per heavy atom. The molecule has 0 bridgehead atoms. The first-order valence-electron chi connectivity index (χ1n) is 9.53. The fourth-order valence-corrected chi connectivity index (χ4v) is 4.80. The average Bonchev–Trinajstić information content (AvgIpc) is 3.27. The quantitative estimate of drug-likeness (QED) is 0.869. The molecule has 0 atom stereocenters. The maximum absolute atomic E-state index is 5.79. The van der Waals surface area contributed by atoms with Crippen LogP contribution in [0.25, 0.3) is 0 Å². The summed E-state index contributed by atoms with van der Waals surface area (Å²) in [6, 6.07) is 4.43. The molecule has 2 saturated heterocycles. The third kappa shape index (κ3) is 4.34. The lowest BCUT2D eigenvalue weighted by molar-refractivity contribution is 0.251. The first-order chi connectivity index (χ1) is 12.7. The van der Waals surface area contributed by atoms with E-state index in [2.05, 4.69) is 36.1 Å². The third-order valence-corrected chi connectivity index (χ3v) is 6.22. The number of nitrogens with two attached hydrogens (primary N) is 1. The van der Waals surface area contributed by atoms with E-state index in [0.717, 1.165) is 50.8 Å². The van der Waals surface area contributed by atoms with Crippen molar-refractivity contribution in [1.82, 2.24) is 19.8 Å². The van der Waals surface area contributed by atoms with Gasteiger partial charge in [0, 0.05) is 55.9 Å². The van der Waals surface area contributed by atoms with E-state index in [-0.39, 0.29) is 0 Å². The fraction of sp³-hybridized carbons (Fsp3) is 0.579. The summed E-state index contributed by atoms with van der Waals surface area (Å²) in [5.41, 5.74) is 8.21. The van der Waals surface area contributed by atoms with Crippen molar-refractivity contribution < 1.29 is 0 Å². The Morgan fingerprint density at radius 1 is 0.962 bits per heavy atom. The van der Waals surface area contributed by atoms with Gasteiger partial charge < -0.3 is 10.6 Å². The topological polar surface area (TPSA) is 61.5 Å². The molecular weight excluding hydrogens is 344 g/mol. The highest BCUT2D eigenvalue weighted by molar-refractivity contribution is 7.10. The first kappa shape index (κ1) is 17.7. The number of rotatable bonds is 5. The summed E-state index contributed by atoms with van der Waals surface area (Å²) in [5.74, 6) is 1.32. The molecule has 7 heteroatoms. The summed E-state index contributed by atoms with van der Waals surface area (Å²) in [6.45, 7) is 10.8. The van der Waals surface area contributed by atoms with Crippen molar-refractivity contribution in [2.45, 2.75) is 32.9 Å². The number of anilines is 2. The molecule has 0 aromatic carbocycles. The molecule has 0 aliphatic carbocycles. The summed E-state index contributed by atoms with van der Waals surface area (Å²) in [4.78, 5) is 17.5. The Hall–Kier alpha value is -1.70. The van der Waals surface area contributed by atoms with E-state index in [4.69, 9.17) is 5.73 Å². The second kappa shape index (κ2) is 7.90. The predicted molar refractivity (Wildman–Crippen MR) is 108 cm³/mol. The normalized spacial score (nSPS) is 19.3. The van der Waals surface area contributed by atoms with Gasteiger partial charge in [0.2, 0.25) is 5.95 Å². The summed E-state index contributed by atoms with van der Waals surface area (Å²) >= 11 is 1.91. The lowest BCUT2D eigenvalue weighted by atomic mass is 10.2. The zero-order chi connectivity index (χ0) is 17.9. The third-order valence-electron chi connectivity index (χ3n) is 5.25. The Bertz CT molecular complexity index is 711. The van der Waals surface area contributed by atoms with Crippen LogP contribution in [0.1, 0.15) is 29.0 Å². The van der Waals surface area contributed by atoms with E-state index >= 15 is 0 Å². The van der Waals surface area contributed by atoms with Crippen LogP contribution in [0.2, 0.25) is 0 Å². The summed E-state index contributed by atoms with van der Waals surface area (Å²) in [5, 5.41) is 2.34. The highest BCUT2D eigenvalue weighted by Gasteiger charge is 2.20. The molecule has 2 N–H and O–H groups in total. The van der Waals surface area contributed by atoms with Crippen molar-refractivity contribution in [3.63, 3.8) is 0 Å². The van der Waals surface area contributed by atoms with Crippen LogP contribution >= 0.6 is 11.3 Å². The number of piperazine rings is 1. The molecule has 4 heterocycles. The predicted octanol–water partition coefficient (Wildman–Crippen LogP) is 2.35. The van der Waals surface area contributed by atoms with Crippen molar-refractivity contribution in [3.05, 3.63) is 33.6 Å². The number of hydrogen-bond donors (Lipinski definition) is 1. The minimum atomic E-state index is 0.367. The molecule has 2 aromatic heterocycles. The maximum Gasteiger partial charge on any atom is 0.222 e. The van der Waals surface area contributed by atoms with E-state index < -0.39 is 0 Å². The second-order valence-corrected chi connectivity index (χ2v) is 8.39. The molecule has 2 aliphatic rings. The molecule has 0 amide bonds. The van der Waals surface area contributed by atoms with E-state index in [9.17, 15) is 0 Å². The van der Waals surface area contributed by atoms with Crippen molar-refractivity contribution in [3.8, 4) is 0 Å². The SMILES string of the molecule is Cc1cc(N2CCN(Cc3cc(CN4CCCC4)cs3)CC2)nc(N)n1. The largest absolute Gasteiger partial charge is 0.368 e. The number of nitrogen functional groups attached to an aromatic ring is 1. The highest BCUT2D eigenvalue weighted by Crippen LogP contribution is 2.22. The van der Waals surface area contributed by atoms with Gasteiger partial charge in [-0.2, -0.15) is 4.98 Å². The van der Waals surface area contributed by atoms with E-state index in [1.54, 1.807) is 0 Å². The maximum atomic E-state index is 5.79. The van der Waals surface area contributed by atoms with Gasteiger partial charge in [0.15, 0.2) is 0 Å². The standard InChI is InChI=1S/C19H28N6S/c1-15-10-18(22-19(20)21-15)25-8-6-24(7-9-25)13-17-11-16(14-26-17)12-23-4-2-3-5-23/h10-11,14H,2-9,12-13H2,1H3,(H2,20,21,22).